The molecular formula is C16H25ClN2O2. The second-order valence-electron chi connectivity index (χ2n) is 5.38. The van der Waals surface area contributed by atoms with E-state index in [0.717, 1.165) is 37.1 Å². The van der Waals surface area contributed by atoms with E-state index in [0.29, 0.717) is 25.5 Å². The molecule has 1 aliphatic rings. The minimum atomic E-state index is 0. The summed E-state index contributed by atoms with van der Waals surface area (Å²) in [6, 6.07) is 8.07. The minimum Gasteiger partial charge on any atom is -0.380 e. The van der Waals surface area contributed by atoms with Crippen LogP contribution in [0.25, 0.3) is 0 Å². The lowest BCUT2D eigenvalue weighted by Gasteiger charge is -2.22. The average Bonchev–Trinajstić information content (AvgIpc) is 2.48. The molecule has 5 heteroatoms. The summed E-state index contributed by atoms with van der Waals surface area (Å²) in [5, 5.41) is 6.35. The van der Waals surface area contributed by atoms with Crippen molar-refractivity contribution in [2.75, 3.05) is 20.2 Å². The molecule has 0 unspecified atom stereocenters. The van der Waals surface area contributed by atoms with Crippen LogP contribution in [0, 0.1) is 5.92 Å². The van der Waals surface area contributed by atoms with Crippen molar-refractivity contribution in [3.05, 3.63) is 35.4 Å². The van der Waals surface area contributed by atoms with Crippen LogP contribution in [0.4, 0.5) is 0 Å². The Morgan fingerprint density at radius 2 is 1.95 bits per heavy atom. The van der Waals surface area contributed by atoms with E-state index in [2.05, 4.69) is 10.6 Å². The van der Waals surface area contributed by atoms with Crippen LogP contribution < -0.4 is 10.6 Å². The van der Waals surface area contributed by atoms with Gasteiger partial charge in [0.15, 0.2) is 0 Å². The molecule has 1 heterocycles. The molecule has 1 aromatic carbocycles. The molecule has 118 valence electrons. The molecule has 1 amide bonds. The summed E-state index contributed by atoms with van der Waals surface area (Å²) in [6.07, 6.45) is 2.86. The number of carbonyl (C=O) groups is 1. The monoisotopic (exact) mass is 312 g/mol. The molecule has 0 aromatic heterocycles. The fourth-order valence-electron chi connectivity index (χ4n) is 2.64. The molecule has 0 saturated carbocycles. The number of hydrogen-bond acceptors (Lipinski definition) is 3. The van der Waals surface area contributed by atoms with Crippen LogP contribution >= 0.6 is 12.4 Å². The Kier molecular flexibility index (Phi) is 8.35. The van der Waals surface area contributed by atoms with Crippen molar-refractivity contribution in [1.82, 2.24) is 10.6 Å². The molecule has 0 atom stereocenters. The van der Waals surface area contributed by atoms with Gasteiger partial charge >= 0.3 is 0 Å². The lowest BCUT2D eigenvalue weighted by molar-refractivity contribution is -0.122. The molecule has 0 aliphatic carbocycles. The SMILES string of the molecule is COCc1ccccc1CNC(=O)CC1CCNCC1.Cl. The Labute approximate surface area is 133 Å². The van der Waals surface area contributed by atoms with Gasteiger partial charge in [-0.3, -0.25) is 4.79 Å². The zero-order valence-corrected chi connectivity index (χ0v) is 13.4. The molecule has 1 saturated heterocycles. The van der Waals surface area contributed by atoms with E-state index in [1.54, 1.807) is 7.11 Å². The number of piperidine rings is 1. The summed E-state index contributed by atoms with van der Waals surface area (Å²) in [5.41, 5.74) is 2.27. The van der Waals surface area contributed by atoms with Gasteiger partial charge in [-0.05, 0) is 43.0 Å². The van der Waals surface area contributed by atoms with Gasteiger partial charge in [-0.15, -0.1) is 12.4 Å². The summed E-state index contributed by atoms with van der Waals surface area (Å²) in [7, 11) is 1.69. The molecule has 1 aliphatic heterocycles. The summed E-state index contributed by atoms with van der Waals surface area (Å²) >= 11 is 0. The van der Waals surface area contributed by atoms with Gasteiger partial charge in [-0.25, -0.2) is 0 Å². The Bertz CT molecular complexity index is 434. The molecule has 1 aromatic rings. The van der Waals surface area contributed by atoms with E-state index in [1.165, 1.54) is 0 Å². The fourth-order valence-corrected chi connectivity index (χ4v) is 2.64. The summed E-state index contributed by atoms with van der Waals surface area (Å²) in [4.78, 5) is 12.0. The highest BCUT2D eigenvalue weighted by atomic mass is 35.5. The number of benzene rings is 1. The van der Waals surface area contributed by atoms with Gasteiger partial charge in [0.2, 0.25) is 5.91 Å². The van der Waals surface area contributed by atoms with Crippen molar-refractivity contribution >= 4 is 18.3 Å². The third kappa shape index (κ3) is 6.04. The first kappa shape index (κ1) is 18.0. The van der Waals surface area contributed by atoms with Crippen LogP contribution in [-0.2, 0) is 22.7 Å². The average molecular weight is 313 g/mol. The van der Waals surface area contributed by atoms with Crippen molar-refractivity contribution in [2.24, 2.45) is 5.92 Å². The number of amides is 1. The summed E-state index contributed by atoms with van der Waals surface area (Å²) in [5.74, 6) is 0.689. The van der Waals surface area contributed by atoms with Gasteiger partial charge in [0.1, 0.15) is 0 Å². The Morgan fingerprint density at radius 1 is 1.29 bits per heavy atom. The van der Waals surface area contributed by atoms with Gasteiger partial charge in [0.05, 0.1) is 6.61 Å². The topological polar surface area (TPSA) is 50.4 Å². The molecule has 2 N–H and O–H groups in total. The maximum absolute atomic E-state index is 12.0. The highest BCUT2D eigenvalue weighted by Gasteiger charge is 2.16. The Balaban J connectivity index is 0.00000220. The van der Waals surface area contributed by atoms with E-state index in [9.17, 15) is 4.79 Å². The third-order valence-corrected chi connectivity index (χ3v) is 3.83. The second kappa shape index (κ2) is 9.77. The minimum absolute atomic E-state index is 0. The van der Waals surface area contributed by atoms with Crippen molar-refractivity contribution in [1.29, 1.82) is 0 Å². The number of methoxy groups -OCH3 is 1. The van der Waals surface area contributed by atoms with Crippen LogP contribution in [-0.4, -0.2) is 26.1 Å². The van der Waals surface area contributed by atoms with E-state index >= 15 is 0 Å². The van der Waals surface area contributed by atoms with E-state index in [1.807, 2.05) is 24.3 Å². The number of nitrogens with one attached hydrogen (secondary N) is 2. The molecule has 0 bridgehead atoms. The zero-order chi connectivity index (χ0) is 14.2. The van der Waals surface area contributed by atoms with E-state index in [4.69, 9.17) is 4.74 Å². The van der Waals surface area contributed by atoms with E-state index < -0.39 is 0 Å². The van der Waals surface area contributed by atoms with Crippen molar-refractivity contribution < 1.29 is 9.53 Å². The number of hydrogen-bond donors (Lipinski definition) is 2. The summed E-state index contributed by atoms with van der Waals surface area (Å²) < 4.78 is 5.18. The molecule has 21 heavy (non-hydrogen) atoms. The molecular weight excluding hydrogens is 288 g/mol. The Hall–Kier alpha value is -1.10. The fraction of sp³-hybridized carbons (Fsp3) is 0.562. The molecule has 2 rings (SSSR count). The van der Waals surface area contributed by atoms with Crippen LogP contribution in [0.1, 0.15) is 30.4 Å². The molecule has 1 fully saturated rings. The first-order chi connectivity index (χ1) is 9.79. The highest BCUT2D eigenvalue weighted by molar-refractivity contribution is 5.85. The number of halogens is 1. The van der Waals surface area contributed by atoms with Gasteiger partial charge in [-0.2, -0.15) is 0 Å². The number of ether oxygens (including phenoxy) is 1. The smallest absolute Gasteiger partial charge is 0.220 e. The largest absolute Gasteiger partial charge is 0.380 e. The molecule has 0 spiro atoms. The number of rotatable bonds is 6. The predicted octanol–water partition coefficient (Wildman–Crippen LogP) is 2.26. The van der Waals surface area contributed by atoms with Gasteiger partial charge in [0.25, 0.3) is 0 Å². The molecule has 0 radical (unpaired) electrons. The Morgan fingerprint density at radius 3 is 2.62 bits per heavy atom. The first-order valence-electron chi connectivity index (χ1n) is 7.32. The maximum Gasteiger partial charge on any atom is 0.220 e. The maximum atomic E-state index is 12.0. The van der Waals surface area contributed by atoms with Gasteiger partial charge < -0.3 is 15.4 Å². The highest BCUT2D eigenvalue weighted by Crippen LogP contribution is 2.16. The number of carbonyl (C=O) groups excluding carboxylic acids is 1. The predicted molar refractivity (Wildman–Crippen MR) is 86.5 cm³/mol. The van der Waals surface area contributed by atoms with Crippen LogP contribution in [0.2, 0.25) is 0 Å². The van der Waals surface area contributed by atoms with E-state index in [-0.39, 0.29) is 18.3 Å². The van der Waals surface area contributed by atoms with Crippen molar-refractivity contribution in [3.8, 4) is 0 Å². The quantitative estimate of drug-likeness (QED) is 0.847. The lowest BCUT2D eigenvalue weighted by atomic mass is 9.94. The molecule has 4 nitrogen and oxygen atoms in total. The normalized spacial score (nSPS) is 15.3. The van der Waals surface area contributed by atoms with Gasteiger partial charge in [-0.1, -0.05) is 24.3 Å². The van der Waals surface area contributed by atoms with Crippen molar-refractivity contribution in [3.63, 3.8) is 0 Å². The standard InChI is InChI=1S/C16H24N2O2.ClH/c1-20-12-15-5-3-2-4-14(15)11-18-16(19)10-13-6-8-17-9-7-13;/h2-5,13,17H,6-12H2,1H3,(H,18,19);1H. The van der Waals surface area contributed by atoms with Crippen LogP contribution in [0.3, 0.4) is 0 Å². The van der Waals surface area contributed by atoms with Crippen molar-refractivity contribution in [2.45, 2.75) is 32.4 Å². The third-order valence-electron chi connectivity index (χ3n) is 3.83. The second-order valence-corrected chi connectivity index (χ2v) is 5.38. The van der Waals surface area contributed by atoms with Crippen LogP contribution in [0.5, 0.6) is 0 Å². The summed E-state index contributed by atoms with van der Waals surface area (Å²) in [6.45, 7) is 3.24. The lowest BCUT2D eigenvalue weighted by Crippen LogP contribution is -2.32. The first-order valence-corrected chi connectivity index (χ1v) is 7.32. The zero-order valence-electron chi connectivity index (χ0n) is 12.6. The van der Waals surface area contributed by atoms with Gasteiger partial charge in [0, 0.05) is 20.1 Å². The van der Waals surface area contributed by atoms with Crippen LogP contribution in [0.15, 0.2) is 24.3 Å².